The minimum atomic E-state index is -1.58. The minimum Gasteiger partial charge on any atom is -0.497 e. The van der Waals surface area contributed by atoms with Gasteiger partial charge >= 0.3 is 7.12 Å². The fourth-order valence-corrected chi connectivity index (χ4v) is 1.75. The largest absolute Gasteiger partial charge is 0.497 e. The van der Waals surface area contributed by atoms with Crippen LogP contribution in [-0.2, 0) is 0 Å². The van der Waals surface area contributed by atoms with Crippen molar-refractivity contribution in [2.75, 3.05) is 7.11 Å². The summed E-state index contributed by atoms with van der Waals surface area (Å²) in [5.41, 5.74) is 1.94. The van der Waals surface area contributed by atoms with Gasteiger partial charge in [-0.2, -0.15) is 0 Å². The maximum atomic E-state index is 12.8. The zero-order valence-electron chi connectivity index (χ0n) is 9.80. The van der Waals surface area contributed by atoms with E-state index in [1.54, 1.807) is 30.3 Å². The van der Waals surface area contributed by atoms with Gasteiger partial charge < -0.3 is 14.8 Å². The summed E-state index contributed by atoms with van der Waals surface area (Å²) < 4.78 is 17.9. The Morgan fingerprint density at radius 3 is 2.17 bits per heavy atom. The number of halogens is 1. The highest BCUT2D eigenvalue weighted by atomic mass is 19.1. The van der Waals surface area contributed by atoms with Crippen LogP contribution in [0.1, 0.15) is 0 Å². The Bertz CT molecular complexity index is 540. The van der Waals surface area contributed by atoms with E-state index in [2.05, 4.69) is 0 Å². The maximum absolute atomic E-state index is 12.8. The first-order valence-electron chi connectivity index (χ1n) is 5.42. The summed E-state index contributed by atoms with van der Waals surface area (Å²) in [6.07, 6.45) is 0. The van der Waals surface area contributed by atoms with Gasteiger partial charge in [-0.3, -0.25) is 0 Å². The molecule has 0 unspecified atom stereocenters. The molecule has 0 fully saturated rings. The zero-order valence-corrected chi connectivity index (χ0v) is 9.80. The van der Waals surface area contributed by atoms with Crippen LogP contribution < -0.4 is 10.2 Å². The van der Waals surface area contributed by atoms with Gasteiger partial charge in [0.2, 0.25) is 0 Å². The van der Waals surface area contributed by atoms with Crippen LogP contribution >= 0.6 is 0 Å². The van der Waals surface area contributed by atoms with Gasteiger partial charge in [0.25, 0.3) is 0 Å². The molecule has 0 saturated carbocycles. The molecule has 0 saturated heterocycles. The lowest BCUT2D eigenvalue weighted by molar-refractivity contribution is 0.403. The fourth-order valence-electron chi connectivity index (χ4n) is 1.75. The summed E-state index contributed by atoms with van der Waals surface area (Å²) in [6, 6.07) is 11.0. The Balaban J connectivity index is 2.44. The summed E-state index contributed by atoms with van der Waals surface area (Å²) in [6.45, 7) is 0. The van der Waals surface area contributed by atoms with Crippen LogP contribution in [0.2, 0.25) is 0 Å². The molecule has 2 rings (SSSR count). The van der Waals surface area contributed by atoms with Gasteiger partial charge in [-0.1, -0.05) is 24.3 Å². The summed E-state index contributed by atoms with van der Waals surface area (Å²) in [4.78, 5) is 0. The summed E-state index contributed by atoms with van der Waals surface area (Å²) >= 11 is 0. The van der Waals surface area contributed by atoms with Crippen molar-refractivity contribution < 1.29 is 19.2 Å². The SMILES string of the molecule is COc1cc(-c2ccc(F)cc2)ccc1B(O)O. The molecule has 0 spiro atoms. The first kappa shape index (κ1) is 12.6. The van der Waals surface area contributed by atoms with Crippen molar-refractivity contribution in [2.24, 2.45) is 0 Å². The van der Waals surface area contributed by atoms with E-state index in [-0.39, 0.29) is 5.82 Å². The van der Waals surface area contributed by atoms with E-state index < -0.39 is 7.12 Å². The number of hydrogen-bond donors (Lipinski definition) is 2. The van der Waals surface area contributed by atoms with E-state index >= 15 is 0 Å². The molecule has 0 aliphatic carbocycles. The van der Waals surface area contributed by atoms with E-state index in [4.69, 9.17) is 14.8 Å². The number of rotatable bonds is 3. The third kappa shape index (κ3) is 2.52. The van der Waals surface area contributed by atoms with Crippen LogP contribution in [0.25, 0.3) is 11.1 Å². The second-order valence-electron chi connectivity index (χ2n) is 3.84. The van der Waals surface area contributed by atoms with Crippen LogP contribution in [-0.4, -0.2) is 24.3 Å². The molecular weight excluding hydrogens is 234 g/mol. The van der Waals surface area contributed by atoms with Crippen LogP contribution in [0, 0.1) is 5.82 Å². The predicted octanol–water partition coefficient (Wildman–Crippen LogP) is 1.18. The number of hydrogen-bond acceptors (Lipinski definition) is 3. The second kappa shape index (κ2) is 5.20. The highest BCUT2D eigenvalue weighted by Gasteiger charge is 2.17. The molecule has 3 nitrogen and oxygen atoms in total. The lowest BCUT2D eigenvalue weighted by atomic mass is 9.79. The molecule has 0 aromatic heterocycles. The normalized spacial score (nSPS) is 10.2. The van der Waals surface area contributed by atoms with Crippen LogP contribution in [0.3, 0.4) is 0 Å². The molecule has 92 valence electrons. The van der Waals surface area contributed by atoms with E-state index in [0.717, 1.165) is 11.1 Å². The Hall–Kier alpha value is -1.85. The molecule has 0 radical (unpaired) electrons. The minimum absolute atomic E-state index is 0.295. The predicted molar refractivity (Wildman–Crippen MR) is 68.2 cm³/mol. The van der Waals surface area contributed by atoms with E-state index in [1.807, 2.05) is 0 Å². The molecule has 0 bridgehead atoms. The summed E-state index contributed by atoms with van der Waals surface area (Å²) in [5, 5.41) is 18.3. The van der Waals surface area contributed by atoms with Crippen LogP contribution in [0.15, 0.2) is 42.5 Å². The Kier molecular flexibility index (Phi) is 3.65. The van der Waals surface area contributed by atoms with Gasteiger partial charge in [0.05, 0.1) is 7.11 Å². The van der Waals surface area contributed by atoms with Gasteiger partial charge in [0.15, 0.2) is 0 Å². The van der Waals surface area contributed by atoms with E-state index in [9.17, 15) is 4.39 Å². The molecule has 0 heterocycles. The Morgan fingerprint density at radius 2 is 1.61 bits per heavy atom. The first-order chi connectivity index (χ1) is 8.61. The molecule has 2 aromatic rings. The Labute approximate surface area is 105 Å². The van der Waals surface area contributed by atoms with Gasteiger partial charge in [-0.05, 0) is 29.3 Å². The molecular formula is C13H12BFO3. The lowest BCUT2D eigenvalue weighted by Crippen LogP contribution is -2.31. The van der Waals surface area contributed by atoms with Gasteiger partial charge in [0, 0.05) is 5.46 Å². The lowest BCUT2D eigenvalue weighted by Gasteiger charge is -2.10. The van der Waals surface area contributed by atoms with Crippen molar-refractivity contribution in [1.82, 2.24) is 0 Å². The van der Waals surface area contributed by atoms with Gasteiger partial charge in [-0.25, -0.2) is 4.39 Å². The van der Waals surface area contributed by atoms with Crippen molar-refractivity contribution >= 4 is 12.6 Å². The average molecular weight is 246 g/mol. The second-order valence-corrected chi connectivity index (χ2v) is 3.84. The molecule has 18 heavy (non-hydrogen) atoms. The summed E-state index contributed by atoms with van der Waals surface area (Å²) in [7, 11) is -0.127. The van der Waals surface area contributed by atoms with Gasteiger partial charge in [0.1, 0.15) is 11.6 Å². The topological polar surface area (TPSA) is 49.7 Å². The van der Waals surface area contributed by atoms with Crippen molar-refractivity contribution in [1.29, 1.82) is 0 Å². The van der Waals surface area contributed by atoms with Crippen molar-refractivity contribution in [3.05, 3.63) is 48.3 Å². The average Bonchev–Trinajstić information content (AvgIpc) is 2.38. The molecule has 0 aliphatic rings. The quantitative estimate of drug-likeness (QED) is 0.799. The molecule has 0 aliphatic heterocycles. The molecule has 2 aromatic carbocycles. The maximum Gasteiger partial charge on any atom is 0.492 e. The number of ether oxygens (including phenoxy) is 1. The highest BCUT2D eigenvalue weighted by Crippen LogP contribution is 2.23. The standard InChI is InChI=1S/C13H12BFO3/c1-18-13-8-10(4-7-12(13)14(16)17)9-2-5-11(15)6-3-9/h2-8,16-17H,1H3. The molecule has 5 heteroatoms. The van der Waals surface area contributed by atoms with Crippen molar-refractivity contribution in [3.63, 3.8) is 0 Å². The molecule has 0 atom stereocenters. The third-order valence-electron chi connectivity index (χ3n) is 2.69. The zero-order chi connectivity index (χ0) is 13.1. The molecule has 2 N–H and O–H groups in total. The first-order valence-corrected chi connectivity index (χ1v) is 5.42. The Morgan fingerprint density at radius 1 is 1.00 bits per heavy atom. The summed E-state index contributed by atoms with van der Waals surface area (Å²) in [5.74, 6) is 0.0833. The van der Waals surface area contributed by atoms with Crippen molar-refractivity contribution in [2.45, 2.75) is 0 Å². The van der Waals surface area contributed by atoms with Gasteiger partial charge in [-0.15, -0.1) is 0 Å². The van der Waals surface area contributed by atoms with E-state index in [1.165, 1.54) is 19.2 Å². The third-order valence-corrected chi connectivity index (χ3v) is 2.69. The molecule has 0 amide bonds. The van der Waals surface area contributed by atoms with E-state index in [0.29, 0.717) is 11.2 Å². The number of benzene rings is 2. The smallest absolute Gasteiger partial charge is 0.492 e. The number of methoxy groups -OCH3 is 1. The highest BCUT2D eigenvalue weighted by molar-refractivity contribution is 6.59. The van der Waals surface area contributed by atoms with Crippen LogP contribution in [0.4, 0.5) is 4.39 Å². The van der Waals surface area contributed by atoms with Crippen molar-refractivity contribution in [3.8, 4) is 16.9 Å². The van der Waals surface area contributed by atoms with Crippen LogP contribution in [0.5, 0.6) is 5.75 Å². The fraction of sp³-hybridized carbons (Fsp3) is 0.0769. The monoisotopic (exact) mass is 246 g/mol.